The minimum atomic E-state index is -0.132. The number of hydrogen-bond donors (Lipinski definition) is 2. The summed E-state index contributed by atoms with van der Waals surface area (Å²) in [6.45, 7) is 8.80. The summed E-state index contributed by atoms with van der Waals surface area (Å²) >= 11 is 0. The first-order valence-corrected chi connectivity index (χ1v) is 6.63. The Morgan fingerprint density at radius 2 is 2.00 bits per heavy atom. The van der Waals surface area contributed by atoms with Crippen LogP contribution in [-0.4, -0.2) is 19.7 Å². The van der Waals surface area contributed by atoms with Gasteiger partial charge in [-0.05, 0) is 6.92 Å². The highest BCUT2D eigenvalue weighted by Crippen LogP contribution is 2.24. The highest BCUT2D eigenvalue weighted by Gasteiger charge is 2.20. The first kappa shape index (κ1) is 14.3. The fraction of sp³-hybridized carbons (Fsp3) is 0.500. The van der Waals surface area contributed by atoms with E-state index in [9.17, 15) is 0 Å². The van der Waals surface area contributed by atoms with E-state index in [4.69, 9.17) is 5.73 Å². The molecule has 0 amide bonds. The molecule has 2 heterocycles. The van der Waals surface area contributed by atoms with Gasteiger partial charge in [0.05, 0.1) is 6.20 Å². The Balaban J connectivity index is 2.24. The fourth-order valence-corrected chi connectivity index (χ4v) is 1.79. The van der Waals surface area contributed by atoms with Gasteiger partial charge in [0.1, 0.15) is 17.5 Å². The number of nitrogens with two attached hydrogens (primary N) is 1. The molecule has 0 aliphatic heterocycles. The van der Waals surface area contributed by atoms with Crippen LogP contribution in [0.2, 0.25) is 0 Å². The second-order valence-corrected chi connectivity index (χ2v) is 6.03. The molecule has 0 radical (unpaired) electrons. The summed E-state index contributed by atoms with van der Waals surface area (Å²) in [4.78, 5) is 8.97. The van der Waals surface area contributed by atoms with E-state index in [1.54, 1.807) is 4.68 Å². The van der Waals surface area contributed by atoms with Crippen LogP contribution in [0.5, 0.6) is 0 Å². The Labute approximate surface area is 119 Å². The van der Waals surface area contributed by atoms with Crippen LogP contribution >= 0.6 is 0 Å². The van der Waals surface area contributed by atoms with Crippen LogP contribution in [0.4, 0.5) is 11.6 Å². The minimum Gasteiger partial charge on any atom is -0.383 e. The van der Waals surface area contributed by atoms with Crippen LogP contribution in [-0.2, 0) is 19.0 Å². The van der Waals surface area contributed by atoms with E-state index in [1.165, 1.54) is 0 Å². The highest BCUT2D eigenvalue weighted by atomic mass is 15.2. The maximum atomic E-state index is 5.98. The molecule has 0 aliphatic rings. The van der Waals surface area contributed by atoms with Gasteiger partial charge in [-0.2, -0.15) is 5.10 Å². The van der Waals surface area contributed by atoms with Crippen molar-refractivity contribution in [2.45, 2.75) is 39.7 Å². The quantitative estimate of drug-likeness (QED) is 0.894. The van der Waals surface area contributed by atoms with Crippen LogP contribution in [0.15, 0.2) is 12.4 Å². The molecule has 3 N–H and O–H groups in total. The third-order valence-electron chi connectivity index (χ3n) is 3.07. The molecule has 0 fully saturated rings. The largest absolute Gasteiger partial charge is 0.383 e. The van der Waals surface area contributed by atoms with Gasteiger partial charge in [-0.25, -0.2) is 9.97 Å². The summed E-state index contributed by atoms with van der Waals surface area (Å²) < 4.78 is 1.78. The summed E-state index contributed by atoms with van der Waals surface area (Å²) in [5, 5.41) is 7.46. The summed E-state index contributed by atoms with van der Waals surface area (Å²) in [5.41, 5.74) is 7.83. The van der Waals surface area contributed by atoms with Crippen molar-refractivity contribution < 1.29 is 0 Å². The summed E-state index contributed by atoms with van der Waals surface area (Å²) in [5.74, 6) is 2.05. The predicted octanol–water partition coefficient (Wildman–Crippen LogP) is 2.01. The molecule has 6 heteroatoms. The van der Waals surface area contributed by atoms with Gasteiger partial charge in [0.2, 0.25) is 0 Å². The Morgan fingerprint density at radius 3 is 2.55 bits per heavy atom. The lowest BCUT2D eigenvalue weighted by molar-refractivity contribution is 0.546. The van der Waals surface area contributed by atoms with Gasteiger partial charge in [0, 0.05) is 36.3 Å². The van der Waals surface area contributed by atoms with E-state index in [-0.39, 0.29) is 5.41 Å². The van der Waals surface area contributed by atoms with Gasteiger partial charge < -0.3 is 11.1 Å². The molecule has 0 spiro atoms. The fourth-order valence-electron chi connectivity index (χ4n) is 1.79. The number of hydrogen-bond acceptors (Lipinski definition) is 5. The lowest BCUT2D eigenvalue weighted by Gasteiger charge is -2.19. The van der Waals surface area contributed by atoms with E-state index >= 15 is 0 Å². The van der Waals surface area contributed by atoms with E-state index in [0.717, 1.165) is 22.8 Å². The Morgan fingerprint density at radius 1 is 1.30 bits per heavy atom. The van der Waals surface area contributed by atoms with Gasteiger partial charge in [-0.1, -0.05) is 20.8 Å². The van der Waals surface area contributed by atoms with Crippen molar-refractivity contribution in [1.29, 1.82) is 0 Å². The SMILES string of the molecule is Cc1c(N)nc(C(C)(C)C)nc1NCc1cnn(C)c1. The Kier molecular flexibility index (Phi) is 3.65. The van der Waals surface area contributed by atoms with Crippen molar-refractivity contribution in [3.63, 3.8) is 0 Å². The third-order valence-corrected chi connectivity index (χ3v) is 3.07. The van der Waals surface area contributed by atoms with Crippen LogP contribution in [0.25, 0.3) is 0 Å². The Hall–Kier alpha value is -2.11. The molecular formula is C14H22N6. The third kappa shape index (κ3) is 3.07. The van der Waals surface area contributed by atoms with Crippen LogP contribution in [0.1, 0.15) is 37.7 Å². The number of anilines is 2. The highest BCUT2D eigenvalue weighted by molar-refractivity contribution is 5.55. The molecular weight excluding hydrogens is 252 g/mol. The average molecular weight is 274 g/mol. The number of aryl methyl sites for hydroxylation is 1. The molecule has 0 unspecified atom stereocenters. The molecule has 2 rings (SSSR count). The second kappa shape index (κ2) is 5.11. The summed E-state index contributed by atoms with van der Waals surface area (Å²) in [6.07, 6.45) is 3.80. The summed E-state index contributed by atoms with van der Waals surface area (Å²) in [6, 6.07) is 0. The first-order chi connectivity index (χ1) is 9.27. The smallest absolute Gasteiger partial charge is 0.138 e. The molecule has 20 heavy (non-hydrogen) atoms. The minimum absolute atomic E-state index is 0.132. The lowest BCUT2D eigenvalue weighted by atomic mass is 9.95. The monoisotopic (exact) mass is 274 g/mol. The normalized spacial score (nSPS) is 11.7. The zero-order valence-corrected chi connectivity index (χ0v) is 12.7. The van der Waals surface area contributed by atoms with E-state index < -0.39 is 0 Å². The van der Waals surface area contributed by atoms with E-state index in [1.807, 2.05) is 26.4 Å². The van der Waals surface area contributed by atoms with Gasteiger partial charge in [-0.15, -0.1) is 0 Å². The van der Waals surface area contributed by atoms with Crippen molar-refractivity contribution in [3.8, 4) is 0 Å². The van der Waals surface area contributed by atoms with Gasteiger partial charge in [-0.3, -0.25) is 4.68 Å². The molecule has 108 valence electrons. The topological polar surface area (TPSA) is 81.7 Å². The predicted molar refractivity (Wildman–Crippen MR) is 80.4 cm³/mol. The molecule has 6 nitrogen and oxygen atoms in total. The molecule has 2 aromatic rings. The first-order valence-electron chi connectivity index (χ1n) is 6.63. The molecule has 0 atom stereocenters. The van der Waals surface area contributed by atoms with Crippen molar-refractivity contribution in [2.75, 3.05) is 11.1 Å². The van der Waals surface area contributed by atoms with E-state index in [0.29, 0.717) is 12.4 Å². The van der Waals surface area contributed by atoms with Gasteiger partial charge in [0.25, 0.3) is 0 Å². The molecule has 0 bridgehead atoms. The number of nitrogens with one attached hydrogen (secondary N) is 1. The number of aromatic nitrogens is 4. The van der Waals surface area contributed by atoms with Crippen LogP contribution < -0.4 is 11.1 Å². The molecule has 0 saturated carbocycles. The van der Waals surface area contributed by atoms with E-state index in [2.05, 4.69) is 41.2 Å². The molecule has 0 saturated heterocycles. The number of nitrogens with zero attached hydrogens (tertiary/aromatic N) is 4. The van der Waals surface area contributed by atoms with Crippen molar-refractivity contribution in [3.05, 3.63) is 29.3 Å². The van der Waals surface area contributed by atoms with Gasteiger partial charge in [0.15, 0.2) is 0 Å². The van der Waals surface area contributed by atoms with Crippen molar-refractivity contribution in [1.82, 2.24) is 19.7 Å². The Bertz CT molecular complexity index is 609. The zero-order chi connectivity index (χ0) is 14.9. The zero-order valence-electron chi connectivity index (χ0n) is 12.7. The number of rotatable bonds is 3. The number of nitrogen functional groups attached to an aromatic ring is 1. The molecule has 0 aliphatic carbocycles. The maximum absolute atomic E-state index is 5.98. The van der Waals surface area contributed by atoms with Gasteiger partial charge >= 0.3 is 0 Å². The maximum Gasteiger partial charge on any atom is 0.138 e. The van der Waals surface area contributed by atoms with Crippen LogP contribution in [0.3, 0.4) is 0 Å². The van der Waals surface area contributed by atoms with Crippen LogP contribution in [0, 0.1) is 6.92 Å². The standard InChI is InChI=1S/C14H22N6/c1-9-11(15)18-13(14(2,3)4)19-12(9)16-6-10-7-17-20(5)8-10/h7-8H,6H2,1-5H3,(H3,15,16,18,19). The average Bonchev–Trinajstić information content (AvgIpc) is 2.75. The van der Waals surface area contributed by atoms with Crippen molar-refractivity contribution in [2.24, 2.45) is 7.05 Å². The molecule has 0 aromatic carbocycles. The molecule has 2 aromatic heterocycles. The van der Waals surface area contributed by atoms with Crippen molar-refractivity contribution >= 4 is 11.6 Å². The summed E-state index contributed by atoms with van der Waals surface area (Å²) in [7, 11) is 1.90. The lowest BCUT2D eigenvalue weighted by Crippen LogP contribution is -2.19. The second-order valence-electron chi connectivity index (χ2n) is 6.03.